The lowest BCUT2D eigenvalue weighted by Gasteiger charge is -2.12. The number of nitrogens with zero attached hydrogens (tertiary/aromatic N) is 4. The zero-order valence-corrected chi connectivity index (χ0v) is 14.2. The first-order chi connectivity index (χ1) is 11.6. The number of imide groups is 1. The molecule has 0 spiro atoms. The number of hydrogen-bond acceptors (Lipinski definition) is 6. The van der Waals surface area contributed by atoms with E-state index in [0.717, 1.165) is 5.56 Å². The molecular formula is C15H18N6O2S. The van der Waals surface area contributed by atoms with Crippen LogP contribution in [-0.4, -0.2) is 44.0 Å². The number of amides is 3. The van der Waals surface area contributed by atoms with Crippen molar-refractivity contribution >= 4 is 23.7 Å². The molecule has 0 fully saturated rings. The van der Waals surface area contributed by atoms with E-state index in [9.17, 15) is 9.59 Å². The molecule has 0 saturated heterocycles. The highest BCUT2D eigenvalue weighted by molar-refractivity contribution is 8.00. The van der Waals surface area contributed by atoms with Gasteiger partial charge in [0.25, 0.3) is 0 Å². The van der Waals surface area contributed by atoms with Crippen molar-refractivity contribution < 1.29 is 9.59 Å². The minimum Gasteiger partial charge on any atom is -0.341 e. The van der Waals surface area contributed by atoms with Crippen LogP contribution >= 0.6 is 11.8 Å². The molecule has 0 aromatic carbocycles. The third-order valence-electron chi connectivity index (χ3n) is 3.08. The SMILES string of the molecule is C=CCn1c(S[C@@H](C)C(=O)NC(=O)NC)nnc1-c1ccncc1. The molecule has 0 aliphatic heterocycles. The highest BCUT2D eigenvalue weighted by Gasteiger charge is 2.21. The Morgan fingerprint density at radius 1 is 1.38 bits per heavy atom. The molecule has 24 heavy (non-hydrogen) atoms. The van der Waals surface area contributed by atoms with Crippen LogP contribution in [0.3, 0.4) is 0 Å². The maximum atomic E-state index is 12.0. The fraction of sp³-hybridized carbons (Fsp3) is 0.267. The van der Waals surface area contributed by atoms with Gasteiger partial charge in [-0.3, -0.25) is 19.7 Å². The van der Waals surface area contributed by atoms with Gasteiger partial charge in [0.05, 0.1) is 5.25 Å². The quantitative estimate of drug-likeness (QED) is 0.606. The molecule has 2 rings (SSSR count). The Balaban J connectivity index is 2.21. The topological polar surface area (TPSA) is 102 Å². The summed E-state index contributed by atoms with van der Waals surface area (Å²) in [5.41, 5.74) is 0.869. The van der Waals surface area contributed by atoms with Crippen LogP contribution in [0, 0.1) is 0 Å². The molecular weight excluding hydrogens is 328 g/mol. The number of hydrogen-bond donors (Lipinski definition) is 2. The lowest BCUT2D eigenvalue weighted by molar-refractivity contribution is -0.119. The largest absolute Gasteiger partial charge is 0.341 e. The van der Waals surface area contributed by atoms with Crippen molar-refractivity contribution in [3.05, 3.63) is 37.2 Å². The smallest absolute Gasteiger partial charge is 0.321 e. The van der Waals surface area contributed by atoms with Gasteiger partial charge in [0.15, 0.2) is 11.0 Å². The first kappa shape index (κ1) is 17.7. The van der Waals surface area contributed by atoms with E-state index in [0.29, 0.717) is 17.5 Å². The summed E-state index contributed by atoms with van der Waals surface area (Å²) in [7, 11) is 1.45. The van der Waals surface area contributed by atoms with Crippen molar-refractivity contribution in [3.63, 3.8) is 0 Å². The molecule has 2 heterocycles. The number of urea groups is 1. The van der Waals surface area contributed by atoms with Gasteiger partial charge in [-0.2, -0.15) is 0 Å². The third-order valence-corrected chi connectivity index (χ3v) is 4.16. The second-order valence-corrected chi connectivity index (χ2v) is 6.08. The Labute approximate surface area is 143 Å². The van der Waals surface area contributed by atoms with Crippen LogP contribution in [0.5, 0.6) is 0 Å². The molecule has 0 bridgehead atoms. The standard InChI is InChI=1S/C15H18N6O2S/c1-4-9-21-12(11-5-7-17-8-6-11)19-20-15(21)24-10(2)13(22)18-14(23)16-3/h4-8,10H,1,9H2,2-3H3,(H2,16,18,22,23)/t10-/m0/s1. The van der Waals surface area contributed by atoms with Gasteiger partial charge >= 0.3 is 6.03 Å². The van der Waals surface area contributed by atoms with E-state index in [1.165, 1.54) is 18.8 Å². The fourth-order valence-electron chi connectivity index (χ4n) is 1.87. The zero-order valence-electron chi connectivity index (χ0n) is 13.4. The molecule has 2 aromatic heterocycles. The monoisotopic (exact) mass is 346 g/mol. The average molecular weight is 346 g/mol. The Morgan fingerprint density at radius 3 is 2.71 bits per heavy atom. The first-order valence-corrected chi connectivity index (χ1v) is 8.08. The van der Waals surface area contributed by atoms with Gasteiger partial charge < -0.3 is 5.32 Å². The minimum absolute atomic E-state index is 0.405. The van der Waals surface area contributed by atoms with E-state index in [4.69, 9.17) is 0 Å². The van der Waals surface area contributed by atoms with Crippen LogP contribution in [0.4, 0.5) is 4.79 Å². The van der Waals surface area contributed by atoms with E-state index in [1.54, 1.807) is 25.4 Å². The summed E-state index contributed by atoms with van der Waals surface area (Å²) in [5, 5.41) is 13.0. The zero-order chi connectivity index (χ0) is 17.5. The van der Waals surface area contributed by atoms with Crippen molar-refractivity contribution in [2.45, 2.75) is 23.9 Å². The van der Waals surface area contributed by atoms with Crippen LogP contribution < -0.4 is 10.6 Å². The van der Waals surface area contributed by atoms with Gasteiger partial charge in [-0.1, -0.05) is 17.8 Å². The van der Waals surface area contributed by atoms with Crippen LogP contribution in [0.15, 0.2) is 42.3 Å². The number of rotatable bonds is 6. The second kappa shape index (κ2) is 8.25. The lowest BCUT2D eigenvalue weighted by atomic mass is 10.2. The first-order valence-electron chi connectivity index (χ1n) is 7.20. The molecule has 126 valence electrons. The number of carbonyl (C=O) groups excluding carboxylic acids is 2. The van der Waals surface area contributed by atoms with Crippen molar-refractivity contribution in [1.82, 2.24) is 30.4 Å². The van der Waals surface area contributed by atoms with E-state index < -0.39 is 17.2 Å². The lowest BCUT2D eigenvalue weighted by Crippen LogP contribution is -2.41. The summed E-state index contributed by atoms with van der Waals surface area (Å²) in [4.78, 5) is 27.2. The molecule has 2 N–H and O–H groups in total. The normalized spacial score (nSPS) is 11.6. The summed E-state index contributed by atoms with van der Waals surface area (Å²) < 4.78 is 1.86. The third kappa shape index (κ3) is 4.19. The van der Waals surface area contributed by atoms with Gasteiger partial charge in [-0.05, 0) is 19.1 Å². The molecule has 0 aliphatic rings. The van der Waals surface area contributed by atoms with Crippen molar-refractivity contribution in [2.24, 2.45) is 0 Å². The number of allylic oxidation sites excluding steroid dienone is 1. The maximum Gasteiger partial charge on any atom is 0.321 e. The molecule has 0 radical (unpaired) electrons. The van der Waals surface area contributed by atoms with E-state index >= 15 is 0 Å². The van der Waals surface area contributed by atoms with E-state index in [1.807, 2.05) is 16.7 Å². The minimum atomic E-state index is -0.544. The average Bonchev–Trinajstić information content (AvgIpc) is 2.98. The van der Waals surface area contributed by atoms with E-state index in [2.05, 4.69) is 32.4 Å². The van der Waals surface area contributed by atoms with Gasteiger partial charge in [0.2, 0.25) is 5.91 Å². The number of carbonyl (C=O) groups is 2. The molecule has 9 heteroatoms. The summed E-state index contributed by atoms with van der Waals surface area (Å²) in [6, 6.07) is 3.12. The molecule has 2 aromatic rings. The number of nitrogens with one attached hydrogen (secondary N) is 2. The Bertz CT molecular complexity index is 731. The second-order valence-electron chi connectivity index (χ2n) is 4.77. The van der Waals surface area contributed by atoms with Crippen LogP contribution in [-0.2, 0) is 11.3 Å². The Morgan fingerprint density at radius 2 is 2.08 bits per heavy atom. The predicted molar refractivity (Wildman–Crippen MR) is 91.4 cm³/mol. The molecule has 3 amide bonds. The Hall–Kier alpha value is -2.68. The molecule has 0 aliphatic carbocycles. The van der Waals surface area contributed by atoms with Crippen LogP contribution in [0.2, 0.25) is 0 Å². The van der Waals surface area contributed by atoms with Gasteiger partial charge in [-0.25, -0.2) is 4.79 Å². The molecule has 8 nitrogen and oxygen atoms in total. The highest BCUT2D eigenvalue weighted by Crippen LogP contribution is 2.26. The summed E-state index contributed by atoms with van der Waals surface area (Å²) >= 11 is 1.22. The van der Waals surface area contributed by atoms with Crippen molar-refractivity contribution in [1.29, 1.82) is 0 Å². The summed E-state index contributed by atoms with van der Waals surface area (Å²) in [6.07, 6.45) is 5.08. The van der Waals surface area contributed by atoms with E-state index in [-0.39, 0.29) is 0 Å². The van der Waals surface area contributed by atoms with Gasteiger partial charge in [0, 0.05) is 31.5 Å². The highest BCUT2D eigenvalue weighted by atomic mass is 32.2. The number of aromatic nitrogens is 4. The Kier molecular flexibility index (Phi) is 6.07. The van der Waals surface area contributed by atoms with Crippen molar-refractivity contribution in [3.8, 4) is 11.4 Å². The number of thioether (sulfide) groups is 1. The maximum absolute atomic E-state index is 12.0. The van der Waals surface area contributed by atoms with Crippen molar-refractivity contribution in [2.75, 3.05) is 7.05 Å². The van der Waals surface area contributed by atoms with Crippen LogP contribution in [0.1, 0.15) is 6.92 Å². The van der Waals surface area contributed by atoms with Gasteiger partial charge in [-0.15, -0.1) is 16.8 Å². The number of pyridine rings is 1. The summed E-state index contributed by atoms with van der Waals surface area (Å²) in [6.45, 7) is 5.94. The predicted octanol–water partition coefficient (Wildman–Crippen LogP) is 1.46. The van der Waals surface area contributed by atoms with Gasteiger partial charge in [0.1, 0.15) is 0 Å². The summed E-state index contributed by atoms with van der Waals surface area (Å²) in [5.74, 6) is 0.261. The fourth-order valence-corrected chi connectivity index (χ4v) is 2.73. The van der Waals surface area contributed by atoms with Crippen LogP contribution in [0.25, 0.3) is 11.4 Å². The molecule has 0 unspecified atom stereocenters. The molecule has 0 saturated carbocycles. The molecule has 1 atom stereocenters.